The van der Waals surface area contributed by atoms with Crippen LogP contribution in [0.15, 0.2) is 30.6 Å². The van der Waals surface area contributed by atoms with Crippen molar-refractivity contribution >= 4 is 0 Å². The maximum atomic E-state index is 11.9. The van der Waals surface area contributed by atoms with Gasteiger partial charge in [0.1, 0.15) is 12.1 Å². The Kier molecular flexibility index (Phi) is 3.50. The zero-order chi connectivity index (χ0) is 13.0. The van der Waals surface area contributed by atoms with Crippen molar-refractivity contribution < 1.29 is 17.9 Å². The molecule has 0 aliphatic rings. The number of hydrogen-bond acceptors (Lipinski definition) is 3. The number of rotatable bonds is 4. The lowest BCUT2D eigenvalue weighted by Crippen LogP contribution is -2.17. The highest BCUT2D eigenvalue weighted by Gasteiger charge is 2.30. The number of H-pyrrole nitrogens is 1. The summed E-state index contributed by atoms with van der Waals surface area (Å²) in [6.45, 7) is 0. The molecule has 2 aromatic rings. The number of ether oxygens (including phenoxy) is 1. The largest absolute Gasteiger partial charge is 0.573 e. The molecule has 1 N–H and O–H groups in total. The van der Waals surface area contributed by atoms with E-state index < -0.39 is 6.36 Å². The molecule has 0 radical (unpaired) electrons. The van der Waals surface area contributed by atoms with E-state index in [4.69, 9.17) is 0 Å². The molecule has 0 amide bonds. The molecule has 18 heavy (non-hydrogen) atoms. The molecule has 4 nitrogen and oxygen atoms in total. The minimum Gasteiger partial charge on any atom is -0.406 e. The zero-order valence-corrected chi connectivity index (χ0v) is 9.24. The van der Waals surface area contributed by atoms with E-state index in [1.807, 2.05) is 0 Å². The normalized spacial score (nSPS) is 11.5. The molecule has 0 unspecified atom stereocenters. The third kappa shape index (κ3) is 3.76. The average Bonchev–Trinajstić information content (AvgIpc) is 2.79. The quantitative estimate of drug-likeness (QED) is 0.915. The van der Waals surface area contributed by atoms with Gasteiger partial charge in [0, 0.05) is 6.42 Å². The van der Waals surface area contributed by atoms with Crippen LogP contribution in [0.4, 0.5) is 13.2 Å². The van der Waals surface area contributed by atoms with Gasteiger partial charge in [-0.25, -0.2) is 4.98 Å². The summed E-state index contributed by atoms with van der Waals surface area (Å²) in [6, 6.07) is 5.77. The van der Waals surface area contributed by atoms with E-state index in [0.29, 0.717) is 18.7 Å². The van der Waals surface area contributed by atoms with Crippen LogP contribution in [0.3, 0.4) is 0 Å². The van der Waals surface area contributed by atoms with Gasteiger partial charge < -0.3 is 4.74 Å². The van der Waals surface area contributed by atoms with E-state index in [9.17, 15) is 13.2 Å². The topological polar surface area (TPSA) is 50.8 Å². The van der Waals surface area contributed by atoms with Gasteiger partial charge in [0.25, 0.3) is 0 Å². The van der Waals surface area contributed by atoms with Crippen LogP contribution >= 0.6 is 0 Å². The monoisotopic (exact) mass is 257 g/mol. The van der Waals surface area contributed by atoms with E-state index in [-0.39, 0.29) is 5.75 Å². The molecule has 1 heterocycles. The summed E-state index contributed by atoms with van der Waals surface area (Å²) in [4.78, 5) is 3.96. The predicted molar refractivity (Wildman–Crippen MR) is 56.9 cm³/mol. The Bertz CT molecular complexity index is 479. The molecule has 0 aliphatic carbocycles. The first-order chi connectivity index (χ1) is 8.53. The number of benzene rings is 1. The fraction of sp³-hybridized carbons (Fsp3) is 0.273. The number of aryl methyl sites for hydroxylation is 2. The number of alkyl halides is 3. The molecule has 0 fully saturated rings. The Hall–Kier alpha value is -2.05. The molecule has 2 rings (SSSR count). The van der Waals surface area contributed by atoms with Crippen LogP contribution in [-0.4, -0.2) is 21.5 Å². The second-order valence-electron chi connectivity index (χ2n) is 3.61. The number of nitrogens with zero attached hydrogens (tertiary/aromatic N) is 2. The van der Waals surface area contributed by atoms with Crippen LogP contribution < -0.4 is 4.74 Å². The highest BCUT2D eigenvalue weighted by molar-refractivity contribution is 5.27. The van der Waals surface area contributed by atoms with Crippen LogP contribution in [0.2, 0.25) is 0 Å². The Balaban J connectivity index is 1.91. The van der Waals surface area contributed by atoms with E-state index in [0.717, 1.165) is 5.56 Å². The summed E-state index contributed by atoms with van der Waals surface area (Å²) in [5.41, 5.74) is 0.898. The van der Waals surface area contributed by atoms with Crippen molar-refractivity contribution in [3.8, 4) is 5.75 Å². The zero-order valence-electron chi connectivity index (χ0n) is 9.24. The lowest BCUT2D eigenvalue weighted by Gasteiger charge is -2.08. The molecule has 1 aromatic heterocycles. The highest BCUT2D eigenvalue weighted by Crippen LogP contribution is 2.22. The molecular formula is C11H10F3N3O. The van der Waals surface area contributed by atoms with Crippen molar-refractivity contribution in [2.24, 2.45) is 0 Å². The highest BCUT2D eigenvalue weighted by atomic mass is 19.4. The summed E-state index contributed by atoms with van der Waals surface area (Å²) in [5.74, 6) is 0.453. The molecule has 0 saturated heterocycles. The summed E-state index contributed by atoms with van der Waals surface area (Å²) in [5, 5.41) is 6.48. The SMILES string of the molecule is FC(F)(F)Oc1ccc(CCc2nc[nH]n2)cc1. The standard InChI is InChI=1S/C11H10F3N3O/c12-11(13,14)18-9-4-1-8(2-5-9)3-6-10-15-7-16-17-10/h1-2,4-5,7H,3,6H2,(H,15,16,17). The average molecular weight is 257 g/mol. The van der Waals surface area contributed by atoms with Gasteiger partial charge in [-0.15, -0.1) is 13.2 Å². The molecule has 0 saturated carbocycles. The van der Waals surface area contributed by atoms with Gasteiger partial charge in [-0.05, 0) is 24.1 Å². The van der Waals surface area contributed by atoms with E-state index in [1.54, 1.807) is 12.1 Å². The van der Waals surface area contributed by atoms with Gasteiger partial charge in [0.2, 0.25) is 0 Å². The van der Waals surface area contributed by atoms with Crippen molar-refractivity contribution in [2.75, 3.05) is 0 Å². The Labute approximate surface area is 101 Å². The van der Waals surface area contributed by atoms with Gasteiger partial charge >= 0.3 is 6.36 Å². The number of nitrogens with one attached hydrogen (secondary N) is 1. The number of aromatic amines is 1. The van der Waals surface area contributed by atoms with Crippen LogP contribution in [0.1, 0.15) is 11.4 Å². The summed E-state index contributed by atoms with van der Waals surface area (Å²) in [7, 11) is 0. The molecule has 0 aliphatic heterocycles. The van der Waals surface area contributed by atoms with Gasteiger partial charge in [-0.2, -0.15) is 5.10 Å². The molecule has 96 valence electrons. The number of halogens is 3. The maximum absolute atomic E-state index is 11.9. The van der Waals surface area contributed by atoms with E-state index in [2.05, 4.69) is 19.9 Å². The first-order valence-corrected chi connectivity index (χ1v) is 5.22. The molecule has 1 aromatic carbocycles. The molecular weight excluding hydrogens is 247 g/mol. The van der Waals surface area contributed by atoms with Gasteiger partial charge in [-0.3, -0.25) is 5.10 Å². The van der Waals surface area contributed by atoms with Gasteiger partial charge in [0.05, 0.1) is 0 Å². The predicted octanol–water partition coefficient (Wildman–Crippen LogP) is 2.49. The van der Waals surface area contributed by atoms with Crippen LogP contribution in [0.25, 0.3) is 0 Å². The first kappa shape index (κ1) is 12.4. The Morgan fingerprint density at radius 1 is 1.11 bits per heavy atom. The molecule has 0 atom stereocenters. The minimum absolute atomic E-state index is 0.218. The fourth-order valence-corrected chi connectivity index (χ4v) is 1.47. The number of aromatic nitrogens is 3. The summed E-state index contributed by atoms with van der Waals surface area (Å²) >= 11 is 0. The van der Waals surface area contributed by atoms with Crippen LogP contribution in [-0.2, 0) is 12.8 Å². The van der Waals surface area contributed by atoms with Gasteiger partial charge in [0.15, 0.2) is 5.82 Å². The van der Waals surface area contributed by atoms with Crippen LogP contribution in [0, 0.1) is 0 Å². The maximum Gasteiger partial charge on any atom is 0.573 e. The Morgan fingerprint density at radius 2 is 1.83 bits per heavy atom. The lowest BCUT2D eigenvalue weighted by molar-refractivity contribution is -0.274. The number of hydrogen-bond donors (Lipinski definition) is 1. The third-order valence-electron chi connectivity index (χ3n) is 2.26. The molecule has 0 bridgehead atoms. The smallest absolute Gasteiger partial charge is 0.406 e. The molecule has 0 spiro atoms. The van der Waals surface area contributed by atoms with Crippen LogP contribution in [0.5, 0.6) is 5.75 Å². The molecule has 7 heteroatoms. The third-order valence-corrected chi connectivity index (χ3v) is 2.26. The van der Waals surface area contributed by atoms with Crippen molar-refractivity contribution in [3.63, 3.8) is 0 Å². The van der Waals surface area contributed by atoms with Crippen molar-refractivity contribution in [1.29, 1.82) is 0 Å². The second kappa shape index (κ2) is 5.07. The second-order valence-corrected chi connectivity index (χ2v) is 3.61. The van der Waals surface area contributed by atoms with Crippen molar-refractivity contribution in [1.82, 2.24) is 15.2 Å². The first-order valence-electron chi connectivity index (χ1n) is 5.22. The van der Waals surface area contributed by atoms with E-state index in [1.165, 1.54) is 18.5 Å². The minimum atomic E-state index is -4.65. The summed E-state index contributed by atoms with van der Waals surface area (Å²) < 4.78 is 39.6. The lowest BCUT2D eigenvalue weighted by atomic mass is 10.1. The van der Waals surface area contributed by atoms with Crippen molar-refractivity contribution in [3.05, 3.63) is 42.0 Å². The van der Waals surface area contributed by atoms with Gasteiger partial charge in [-0.1, -0.05) is 12.1 Å². The van der Waals surface area contributed by atoms with Crippen molar-refractivity contribution in [2.45, 2.75) is 19.2 Å². The Morgan fingerprint density at radius 3 is 2.39 bits per heavy atom. The van der Waals surface area contributed by atoms with E-state index >= 15 is 0 Å². The fourth-order valence-electron chi connectivity index (χ4n) is 1.47. The summed E-state index contributed by atoms with van der Waals surface area (Å²) in [6.07, 6.45) is -1.89.